The zero-order valence-corrected chi connectivity index (χ0v) is 27.7. The van der Waals surface area contributed by atoms with Crippen LogP contribution < -0.4 is 19.3 Å². The minimum atomic E-state index is -0.766. The molecule has 1 heterocycles. The van der Waals surface area contributed by atoms with Gasteiger partial charge < -0.3 is 9.47 Å². The van der Waals surface area contributed by atoms with E-state index in [-0.39, 0.29) is 12.2 Å². The highest BCUT2D eigenvalue weighted by atomic mass is 79.9. The second-order valence-corrected chi connectivity index (χ2v) is 12.2. The molecule has 0 aliphatic carbocycles. The lowest BCUT2D eigenvalue weighted by atomic mass is 10.0. The first kappa shape index (κ1) is 31.4. The monoisotopic (exact) mass is 714 g/mol. The fourth-order valence-electron chi connectivity index (χ4n) is 5.26. The SMILES string of the molecule is COc1cc(/C=C2\C(=O)N(c3cccc(C)c3)C(=O)N(c3cccc4ccccc34)C2=O)cc(Br)c1OCc1ccc(Cl)cc1Cl. The number of hydrogen-bond donors (Lipinski definition) is 0. The number of urea groups is 1. The highest BCUT2D eigenvalue weighted by Crippen LogP contribution is 2.39. The summed E-state index contributed by atoms with van der Waals surface area (Å²) in [5.41, 5.74) is 2.55. The lowest BCUT2D eigenvalue weighted by Crippen LogP contribution is -2.57. The van der Waals surface area contributed by atoms with E-state index in [4.69, 9.17) is 32.7 Å². The first-order valence-electron chi connectivity index (χ1n) is 14.1. The summed E-state index contributed by atoms with van der Waals surface area (Å²) < 4.78 is 12.2. The molecule has 10 heteroatoms. The molecule has 0 saturated carbocycles. The van der Waals surface area contributed by atoms with Crippen LogP contribution in [0.4, 0.5) is 16.2 Å². The summed E-state index contributed by atoms with van der Waals surface area (Å²) in [4.78, 5) is 44.3. The molecule has 0 atom stereocenters. The molecule has 7 nitrogen and oxygen atoms in total. The summed E-state index contributed by atoms with van der Waals surface area (Å²) in [5.74, 6) is -0.751. The molecule has 0 unspecified atom stereocenters. The van der Waals surface area contributed by atoms with Gasteiger partial charge in [-0.3, -0.25) is 9.59 Å². The van der Waals surface area contributed by atoms with Crippen molar-refractivity contribution in [2.75, 3.05) is 16.9 Å². The van der Waals surface area contributed by atoms with E-state index in [2.05, 4.69) is 15.9 Å². The molecule has 1 saturated heterocycles. The maximum absolute atomic E-state index is 14.2. The van der Waals surface area contributed by atoms with Gasteiger partial charge in [0.25, 0.3) is 11.8 Å². The molecule has 0 aromatic heterocycles. The Morgan fingerprint density at radius 2 is 1.57 bits per heavy atom. The van der Waals surface area contributed by atoms with Crippen LogP contribution in [0.3, 0.4) is 0 Å². The Kier molecular flexibility index (Phi) is 8.86. The molecule has 1 aliphatic rings. The predicted octanol–water partition coefficient (Wildman–Crippen LogP) is 9.39. The molecule has 0 spiro atoms. The maximum atomic E-state index is 14.2. The predicted molar refractivity (Wildman–Crippen MR) is 185 cm³/mol. The van der Waals surface area contributed by atoms with Gasteiger partial charge in [-0.05, 0) is 87.9 Å². The number of carbonyl (C=O) groups excluding carboxylic acids is 3. The molecule has 0 bridgehead atoms. The van der Waals surface area contributed by atoms with Gasteiger partial charge in [0.1, 0.15) is 12.2 Å². The van der Waals surface area contributed by atoms with Crippen molar-refractivity contribution < 1.29 is 23.9 Å². The smallest absolute Gasteiger partial charge is 0.343 e. The van der Waals surface area contributed by atoms with Crippen molar-refractivity contribution in [3.05, 3.63) is 134 Å². The van der Waals surface area contributed by atoms with Crippen molar-refractivity contribution in [1.82, 2.24) is 0 Å². The van der Waals surface area contributed by atoms with Crippen LogP contribution in [0.5, 0.6) is 11.5 Å². The number of rotatable bonds is 7. The number of amides is 4. The van der Waals surface area contributed by atoms with Crippen LogP contribution in [0.2, 0.25) is 10.0 Å². The van der Waals surface area contributed by atoms with E-state index in [9.17, 15) is 14.4 Å². The molecule has 0 N–H and O–H groups in total. The summed E-state index contributed by atoms with van der Waals surface area (Å²) in [7, 11) is 1.48. The van der Waals surface area contributed by atoms with Crippen molar-refractivity contribution in [1.29, 1.82) is 0 Å². The van der Waals surface area contributed by atoms with E-state index in [1.54, 1.807) is 60.7 Å². The number of imide groups is 2. The topological polar surface area (TPSA) is 76.2 Å². The third-order valence-corrected chi connectivity index (χ3v) is 8.64. The van der Waals surface area contributed by atoms with Crippen LogP contribution in [-0.4, -0.2) is 25.0 Å². The minimum absolute atomic E-state index is 0.135. The second-order valence-electron chi connectivity index (χ2n) is 10.5. The Bertz CT molecular complexity index is 2070. The summed E-state index contributed by atoms with van der Waals surface area (Å²) in [6.07, 6.45) is 1.45. The Morgan fingerprint density at radius 1 is 0.826 bits per heavy atom. The van der Waals surface area contributed by atoms with Crippen LogP contribution in [0.25, 0.3) is 16.8 Å². The highest BCUT2D eigenvalue weighted by molar-refractivity contribution is 9.10. The summed E-state index contributed by atoms with van der Waals surface area (Å²) in [6, 6.07) is 27.5. The molecular weight excluding hydrogens is 691 g/mol. The number of benzene rings is 5. The van der Waals surface area contributed by atoms with E-state index in [1.165, 1.54) is 13.2 Å². The number of carbonyl (C=O) groups is 3. The quantitative estimate of drug-likeness (QED) is 0.124. The lowest BCUT2D eigenvalue weighted by Gasteiger charge is -2.34. The first-order valence-corrected chi connectivity index (χ1v) is 15.6. The molecule has 1 fully saturated rings. The van der Waals surface area contributed by atoms with Crippen molar-refractivity contribution >= 4 is 85.2 Å². The molecule has 46 heavy (non-hydrogen) atoms. The van der Waals surface area contributed by atoms with Gasteiger partial charge in [0, 0.05) is 21.0 Å². The standard InChI is InChI=1S/C36H25BrCl2N2O5/c1-21-7-5-10-26(15-21)40-34(42)28(35(43)41(36(40)44)31-12-6-9-23-8-3-4-11-27(23)31)16-22-17-29(37)33(32(18-22)45-2)46-20-24-13-14-25(38)19-30(24)39/h3-19H,20H2,1-2H3/b28-16+. The number of ether oxygens (including phenoxy) is 2. The van der Waals surface area contributed by atoms with E-state index in [1.807, 2.05) is 43.3 Å². The third kappa shape index (κ3) is 5.99. The van der Waals surface area contributed by atoms with Gasteiger partial charge in [-0.2, -0.15) is 0 Å². The fraction of sp³-hybridized carbons (Fsp3) is 0.0833. The van der Waals surface area contributed by atoms with Crippen molar-refractivity contribution in [2.45, 2.75) is 13.5 Å². The Balaban J connectivity index is 1.44. The number of hydrogen-bond acceptors (Lipinski definition) is 5. The number of methoxy groups -OCH3 is 1. The van der Waals surface area contributed by atoms with E-state index >= 15 is 0 Å². The van der Waals surface area contributed by atoms with Crippen LogP contribution in [0, 0.1) is 6.92 Å². The average Bonchev–Trinajstić information content (AvgIpc) is 3.03. The van der Waals surface area contributed by atoms with Crippen LogP contribution in [0.1, 0.15) is 16.7 Å². The summed E-state index contributed by atoms with van der Waals surface area (Å²) in [5, 5.41) is 2.51. The van der Waals surface area contributed by atoms with Crippen molar-refractivity contribution in [2.24, 2.45) is 0 Å². The highest BCUT2D eigenvalue weighted by Gasteiger charge is 2.44. The zero-order valence-electron chi connectivity index (χ0n) is 24.6. The molecule has 1 aliphatic heterocycles. The summed E-state index contributed by atoms with van der Waals surface area (Å²) in [6.45, 7) is 2.00. The molecule has 4 amide bonds. The van der Waals surface area contributed by atoms with Crippen molar-refractivity contribution in [3.8, 4) is 11.5 Å². The van der Waals surface area contributed by atoms with Gasteiger partial charge in [-0.1, -0.05) is 77.8 Å². The number of fused-ring (bicyclic) bond motifs is 1. The molecule has 5 aromatic rings. The van der Waals surface area contributed by atoms with Gasteiger partial charge in [0.05, 0.1) is 23.0 Å². The largest absolute Gasteiger partial charge is 0.493 e. The maximum Gasteiger partial charge on any atom is 0.343 e. The fourth-order valence-corrected chi connectivity index (χ4v) is 6.30. The van der Waals surface area contributed by atoms with E-state index in [0.717, 1.165) is 26.3 Å². The van der Waals surface area contributed by atoms with Gasteiger partial charge in [0.2, 0.25) is 0 Å². The first-order chi connectivity index (χ1) is 22.2. The minimum Gasteiger partial charge on any atom is -0.493 e. The number of nitrogens with zero attached hydrogens (tertiary/aromatic N) is 2. The third-order valence-electron chi connectivity index (χ3n) is 7.47. The van der Waals surface area contributed by atoms with Crippen LogP contribution >= 0.6 is 39.1 Å². The average molecular weight is 716 g/mol. The molecule has 230 valence electrons. The van der Waals surface area contributed by atoms with Gasteiger partial charge in [-0.15, -0.1) is 0 Å². The number of barbiturate groups is 1. The molecular formula is C36H25BrCl2N2O5. The van der Waals surface area contributed by atoms with Gasteiger partial charge in [-0.25, -0.2) is 14.6 Å². The van der Waals surface area contributed by atoms with E-state index in [0.29, 0.717) is 48.3 Å². The molecule has 6 rings (SSSR count). The normalized spacial score (nSPS) is 14.4. The van der Waals surface area contributed by atoms with Crippen LogP contribution in [0.15, 0.2) is 107 Å². The Morgan fingerprint density at radius 3 is 2.33 bits per heavy atom. The van der Waals surface area contributed by atoms with Gasteiger partial charge in [0.15, 0.2) is 11.5 Å². The summed E-state index contributed by atoms with van der Waals surface area (Å²) >= 11 is 15.9. The Hall–Kier alpha value is -4.63. The van der Waals surface area contributed by atoms with E-state index < -0.39 is 17.8 Å². The van der Waals surface area contributed by atoms with Crippen molar-refractivity contribution in [3.63, 3.8) is 0 Å². The Labute approximate surface area is 283 Å². The lowest BCUT2D eigenvalue weighted by molar-refractivity contribution is -0.121. The number of aryl methyl sites for hydroxylation is 1. The van der Waals surface area contributed by atoms with Crippen LogP contribution in [-0.2, 0) is 16.2 Å². The molecule has 0 radical (unpaired) electrons. The molecule has 5 aromatic carbocycles. The second kappa shape index (κ2) is 13.0. The van der Waals surface area contributed by atoms with Gasteiger partial charge >= 0.3 is 6.03 Å². The number of anilines is 2. The zero-order chi connectivity index (χ0) is 32.5. The number of halogens is 3.